The van der Waals surface area contributed by atoms with E-state index < -0.39 is 20.0 Å². The van der Waals surface area contributed by atoms with Crippen molar-refractivity contribution in [2.45, 2.75) is 0 Å². The predicted molar refractivity (Wildman–Crippen MR) is 164 cm³/mol. The van der Waals surface area contributed by atoms with Crippen LogP contribution in [0.25, 0.3) is 11.8 Å². The van der Waals surface area contributed by atoms with Gasteiger partial charge in [0.1, 0.15) is 0 Å². The predicted octanol–water partition coefficient (Wildman–Crippen LogP) is 4.68. The standard InChI is InChI=1S/C23H20N4O6S6/c1-38(30,31)24-14-6-3-8-16(12-14)26-20(28)18(36-22(26)34)10-5-11-19-21(29)27(23(35)37-19)17-9-4-7-15(13-17)25-39(2,32)33/h3-13,24-25,28H,1-2H3/b10-5+,19-11-. The van der Waals surface area contributed by atoms with Gasteiger partial charge in [0.05, 0.1) is 45.0 Å². The van der Waals surface area contributed by atoms with Crippen LogP contribution in [0.5, 0.6) is 5.88 Å². The molecule has 3 aromatic rings. The molecule has 10 nitrogen and oxygen atoms in total. The van der Waals surface area contributed by atoms with E-state index in [0.29, 0.717) is 36.5 Å². The van der Waals surface area contributed by atoms with Gasteiger partial charge in [0.15, 0.2) is 8.27 Å². The second kappa shape index (κ2) is 11.2. The number of thioether (sulfide) groups is 1. The summed E-state index contributed by atoms with van der Waals surface area (Å²) >= 11 is 13.0. The maximum atomic E-state index is 13.1. The fourth-order valence-electron chi connectivity index (χ4n) is 3.49. The minimum atomic E-state index is -3.49. The Morgan fingerprint density at radius 3 is 2.08 bits per heavy atom. The van der Waals surface area contributed by atoms with Crippen LogP contribution in [0.1, 0.15) is 4.88 Å². The van der Waals surface area contributed by atoms with Gasteiger partial charge in [-0.05, 0) is 60.8 Å². The highest BCUT2D eigenvalue weighted by atomic mass is 32.2. The summed E-state index contributed by atoms with van der Waals surface area (Å²) in [5.74, 6) is -0.523. The molecule has 1 saturated heterocycles. The molecule has 1 amide bonds. The largest absolute Gasteiger partial charge is 0.493 e. The number of hydrogen-bond acceptors (Lipinski definition) is 10. The highest BCUT2D eigenvalue weighted by Crippen LogP contribution is 2.36. The number of nitrogens with one attached hydrogen (secondary N) is 2. The lowest BCUT2D eigenvalue weighted by Gasteiger charge is -2.15. The molecule has 0 saturated carbocycles. The van der Waals surface area contributed by atoms with Crippen molar-refractivity contribution >= 4 is 101 Å². The van der Waals surface area contributed by atoms with Gasteiger partial charge in [0, 0.05) is 0 Å². The lowest BCUT2D eigenvalue weighted by Crippen LogP contribution is -2.27. The Bertz CT molecular complexity index is 1820. The monoisotopic (exact) mass is 640 g/mol. The number of aromatic nitrogens is 1. The SMILES string of the molecule is CS(=O)(=O)Nc1cccc(N2C(=O)/C(=C/C=C/c3sc(=S)n(-c4cccc(NS(C)(=O)=O)c4)c3O)SC2=S)c1. The van der Waals surface area contributed by atoms with Gasteiger partial charge in [-0.1, -0.05) is 42.2 Å². The van der Waals surface area contributed by atoms with Gasteiger partial charge in [-0.3, -0.25) is 23.7 Å². The van der Waals surface area contributed by atoms with Crippen molar-refractivity contribution in [1.29, 1.82) is 0 Å². The lowest BCUT2D eigenvalue weighted by atomic mass is 10.2. The summed E-state index contributed by atoms with van der Waals surface area (Å²) in [6.45, 7) is 0. The van der Waals surface area contributed by atoms with Crippen LogP contribution in [0.3, 0.4) is 0 Å². The molecular weight excluding hydrogens is 621 g/mol. The van der Waals surface area contributed by atoms with E-state index in [1.807, 2.05) is 0 Å². The molecule has 16 heteroatoms. The van der Waals surface area contributed by atoms with E-state index >= 15 is 0 Å². The zero-order valence-corrected chi connectivity index (χ0v) is 25.1. The van der Waals surface area contributed by atoms with Gasteiger partial charge in [-0.15, -0.1) is 11.3 Å². The number of carbonyl (C=O) groups is 1. The number of hydrogen-bond donors (Lipinski definition) is 3. The molecule has 1 fully saturated rings. The summed E-state index contributed by atoms with van der Waals surface area (Å²) in [6.07, 6.45) is 6.80. The van der Waals surface area contributed by atoms with Crippen LogP contribution in [0.2, 0.25) is 0 Å². The summed E-state index contributed by atoms with van der Waals surface area (Å²) in [7, 11) is -6.98. The van der Waals surface area contributed by atoms with E-state index in [-0.39, 0.29) is 16.1 Å². The molecule has 0 radical (unpaired) electrons. The maximum absolute atomic E-state index is 13.1. The van der Waals surface area contributed by atoms with Crippen molar-refractivity contribution in [3.63, 3.8) is 0 Å². The average Bonchev–Trinajstić information content (AvgIpc) is 3.25. The molecular formula is C23H20N4O6S6. The van der Waals surface area contributed by atoms with Gasteiger partial charge in [-0.25, -0.2) is 16.8 Å². The van der Waals surface area contributed by atoms with Crippen LogP contribution in [-0.4, -0.2) is 49.2 Å². The molecule has 2 aromatic carbocycles. The molecule has 1 aromatic heterocycles. The third-order valence-electron chi connectivity index (χ3n) is 4.92. The number of allylic oxidation sites excluding steroid dienone is 2. The van der Waals surface area contributed by atoms with E-state index in [9.17, 15) is 26.7 Å². The Kier molecular flexibility index (Phi) is 8.34. The minimum absolute atomic E-state index is 0.145. The van der Waals surface area contributed by atoms with E-state index in [1.165, 1.54) is 15.5 Å². The molecule has 39 heavy (non-hydrogen) atoms. The zero-order valence-electron chi connectivity index (χ0n) is 20.2. The van der Waals surface area contributed by atoms with Gasteiger partial charge in [-0.2, -0.15) is 0 Å². The third kappa shape index (κ3) is 7.14. The van der Waals surface area contributed by atoms with Crippen LogP contribution in [0, 0.1) is 3.95 Å². The Morgan fingerprint density at radius 2 is 1.49 bits per heavy atom. The first-order valence-corrected chi connectivity index (χ1v) is 17.0. The molecule has 1 aliphatic rings. The second-order valence-corrected chi connectivity index (χ2v) is 15.0. The molecule has 0 aliphatic carbocycles. The number of amides is 1. The van der Waals surface area contributed by atoms with E-state index in [0.717, 1.165) is 35.6 Å². The molecule has 0 unspecified atom stereocenters. The summed E-state index contributed by atoms with van der Waals surface area (Å²) in [5.41, 5.74) is 1.50. The minimum Gasteiger partial charge on any atom is -0.493 e. The van der Waals surface area contributed by atoms with E-state index in [4.69, 9.17) is 24.4 Å². The van der Waals surface area contributed by atoms with Crippen molar-refractivity contribution in [2.24, 2.45) is 0 Å². The topological polar surface area (TPSA) is 138 Å². The van der Waals surface area contributed by atoms with E-state index in [2.05, 4.69) is 9.44 Å². The quantitative estimate of drug-likeness (QED) is 0.237. The second-order valence-electron chi connectivity index (χ2n) is 8.14. The summed E-state index contributed by atoms with van der Waals surface area (Å²) in [6, 6.07) is 12.8. The smallest absolute Gasteiger partial charge is 0.270 e. The van der Waals surface area contributed by atoms with Gasteiger partial charge < -0.3 is 5.11 Å². The average molecular weight is 641 g/mol. The lowest BCUT2D eigenvalue weighted by molar-refractivity contribution is -0.113. The first-order valence-electron chi connectivity index (χ1n) is 10.8. The number of thiocarbonyl (C=S) groups is 1. The van der Waals surface area contributed by atoms with Gasteiger partial charge in [0.25, 0.3) is 5.91 Å². The van der Waals surface area contributed by atoms with Crippen molar-refractivity contribution < 1.29 is 26.7 Å². The molecule has 0 spiro atoms. The highest BCUT2D eigenvalue weighted by Gasteiger charge is 2.33. The van der Waals surface area contributed by atoms with Crippen LogP contribution in [0.15, 0.2) is 65.6 Å². The van der Waals surface area contributed by atoms with Crippen LogP contribution in [-0.2, 0) is 24.8 Å². The number of anilines is 3. The van der Waals surface area contributed by atoms with Crippen molar-refractivity contribution in [3.8, 4) is 11.6 Å². The molecule has 2 heterocycles. The fraction of sp³-hybridized carbons (Fsp3) is 0.0870. The molecule has 4 rings (SSSR count). The molecule has 0 bridgehead atoms. The van der Waals surface area contributed by atoms with Crippen LogP contribution >= 0.6 is 47.5 Å². The molecule has 3 N–H and O–H groups in total. The normalized spacial score (nSPS) is 15.4. The van der Waals surface area contributed by atoms with E-state index in [1.54, 1.807) is 60.7 Å². The first kappa shape index (κ1) is 29.0. The molecule has 204 valence electrons. The number of carbonyl (C=O) groups excluding carboxylic acids is 1. The Balaban J connectivity index is 1.56. The maximum Gasteiger partial charge on any atom is 0.270 e. The summed E-state index contributed by atoms with van der Waals surface area (Å²) in [4.78, 5) is 15.1. The number of sulfonamides is 2. The third-order valence-corrected chi connectivity index (χ3v) is 8.78. The Hall–Kier alpha value is -3.02. The Morgan fingerprint density at radius 1 is 0.923 bits per heavy atom. The number of benzene rings is 2. The highest BCUT2D eigenvalue weighted by molar-refractivity contribution is 8.27. The van der Waals surface area contributed by atoms with Gasteiger partial charge >= 0.3 is 0 Å². The number of thiazole rings is 1. The Labute approximate surface area is 243 Å². The zero-order chi connectivity index (χ0) is 28.5. The fourth-order valence-corrected chi connectivity index (χ4v) is 7.11. The van der Waals surface area contributed by atoms with Crippen molar-refractivity contribution in [1.82, 2.24) is 4.57 Å². The first-order chi connectivity index (χ1) is 18.2. The molecule has 1 aliphatic heterocycles. The van der Waals surface area contributed by atoms with Gasteiger partial charge in [0.2, 0.25) is 25.9 Å². The number of rotatable bonds is 8. The summed E-state index contributed by atoms with van der Waals surface area (Å²) in [5, 5.41) is 10.8. The number of nitrogens with zero attached hydrogens (tertiary/aromatic N) is 2. The van der Waals surface area contributed by atoms with Crippen molar-refractivity contribution in [2.75, 3.05) is 26.9 Å². The summed E-state index contributed by atoms with van der Waals surface area (Å²) < 4.78 is 53.0. The number of aromatic hydroxyl groups is 1. The molecule has 0 atom stereocenters. The van der Waals surface area contributed by atoms with Crippen LogP contribution < -0.4 is 14.3 Å². The van der Waals surface area contributed by atoms with Crippen molar-refractivity contribution in [3.05, 3.63) is 74.4 Å². The van der Waals surface area contributed by atoms with Crippen LogP contribution in [0.4, 0.5) is 17.1 Å².